The van der Waals surface area contributed by atoms with Gasteiger partial charge in [-0.25, -0.2) is 5.43 Å². The summed E-state index contributed by atoms with van der Waals surface area (Å²) in [6, 6.07) is 17.8. The summed E-state index contributed by atoms with van der Waals surface area (Å²) in [6.07, 6.45) is 5.40. The van der Waals surface area contributed by atoms with Gasteiger partial charge in [0.05, 0.1) is 24.0 Å². The predicted octanol–water partition coefficient (Wildman–Crippen LogP) is 3.73. The van der Waals surface area contributed by atoms with E-state index in [1.54, 1.807) is 6.21 Å². The lowest BCUT2D eigenvalue weighted by Crippen LogP contribution is -2.17. The lowest BCUT2D eigenvalue weighted by atomic mass is 10.1. The molecule has 4 aromatic rings. The Labute approximate surface area is 178 Å². The number of phenolic OH excluding ortho intramolecular Hbond substituents is 1. The van der Waals surface area contributed by atoms with Crippen LogP contribution in [-0.2, 0) is 6.54 Å². The molecule has 2 aromatic carbocycles. The quantitative estimate of drug-likeness (QED) is 0.387. The molecule has 7 nitrogen and oxygen atoms in total. The van der Waals surface area contributed by atoms with E-state index in [-0.39, 0.29) is 16.9 Å². The van der Waals surface area contributed by atoms with E-state index < -0.39 is 5.91 Å². The van der Waals surface area contributed by atoms with Crippen molar-refractivity contribution in [1.29, 1.82) is 5.26 Å². The topological polar surface area (TPSA) is 103 Å². The molecule has 0 aliphatic carbocycles. The summed E-state index contributed by atoms with van der Waals surface area (Å²) in [7, 11) is 0. The van der Waals surface area contributed by atoms with Crippen LogP contribution in [0.25, 0.3) is 10.9 Å². The Morgan fingerprint density at radius 1 is 1.26 bits per heavy atom. The second-order valence-electron chi connectivity index (χ2n) is 7.09. The largest absolute Gasteiger partial charge is 0.507 e. The third-order valence-electron chi connectivity index (χ3n) is 4.90. The van der Waals surface area contributed by atoms with Gasteiger partial charge in [0.1, 0.15) is 11.8 Å². The third-order valence-corrected chi connectivity index (χ3v) is 4.90. The number of hydrogen-bond donors (Lipinski definition) is 2. The molecule has 0 fully saturated rings. The molecule has 0 bridgehead atoms. The number of carbonyl (C=O) groups excluding carboxylic acids is 1. The van der Waals surface area contributed by atoms with Crippen LogP contribution in [0.1, 0.15) is 32.7 Å². The minimum atomic E-state index is -0.469. The summed E-state index contributed by atoms with van der Waals surface area (Å²) in [6.45, 7) is 2.70. The molecule has 0 spiro atoms. The Morgan fingerprint density at radius 3 is 2.94 bits per heavy atom. The number of aromatic hydroxyl groups is 1. The van der Waals surface area contributed by atoms with Crippen LogP contribution in [0.5, 0.6) is 5.75 Å². The normalized spacial score (nSPS) is 11.0. The zero-order chi connectivity index (χ0) is 21.8. The number of carbonyl (C=O) groups is 1. The molecule has 0 radical (unpaired) electrons. The first-order chi connectivity index (χ1) is 15.0. The van der Waals surface area contributed by atoms with Gasteiger partial charge >= 0.3 is 0 Å². The molecule has 7 heteroatoms. The van der Waals surface area contributed by atoms with Crippen molar-refractivity contribution in [2.45, 2.75) is 13.5 Å². The molecule has 152 valence electrons. The van der Waals surface area contributed by atoms with Gasteiger partial charge in [0.15, 0.2) is 0 Å². The maximum atomic E-state index is 12.3. The van der Waals surface area contributed by atoms with Crippen LogP contribution < -0.4 is 5.43 Å². The van der Waals surface area contributed by atoms with Crippen molar-refractivity contribution in [3.05, 3.63) is 94.9 Å². The standard InChI is InChI=1S/C24H19N5O2/c1-16-7-9-26-20(11-16)15-29-10-8-21-18(3-2-4-22(21)29)14-27-28-24(31)17-5-6-23(30)19(12-17)13-25/h2-12,14,30H,15H2,1H3,(H,28,31)/b27-14+. The van der Waals surface area contributed by atoms with Crippen molar-refractivity contribution in [2.75, 3.05) is 0 Å². The fraction of sp³-hybridized carbons (Fsp3) is 0.0833. The summed E-state index contributed by atoms with van der Waals surface area (Å²) < 4.78 is 2.12. The zero-order valence-corrected chi connectivity index (χ0v) is 16.8. The first-order valence-corrected chi connectivity index (χ1v) is 9.61. The van der Waals surface area contributed by atoms with E-state index in [0.717, 1.165) is 22.2 Å². The van der Waals surface area contributed by atoms with Crippen LogP contribution in [0.15, 0.2) is 72.1 Å². The molecule has 0 saturated heterocycles. The minimum absolute atomic E-state index is 0.0332. The number of aryl methyl sites for hydroxylation is 1. The van der Waals surface area contributed by atoms with E-state index in [1.165, 1.54) is 23.8 Å². The number of aromatic nitrogens is 2. The second-order valence-corrected chi connectivity index (χ2v) is 7.09. The van der Waals surface area contributed by atoms with E-state index >= 15 is 0 Å². The fourth-order valence-corrected chi connectivity index (χ4v) is 3.35. The van der Waals surface area contributed by atoms with E-state index in [1.807, 2.05) is 55.7 Å². The van der Waals surface area contributed by atoms with Gasteiger partial charge in [-0.3, -0.25) is 9.78 Å². The Morgan fingerprint density at radius 2 is 2.13 bits per heavy atom. The van der Waals surface area contributed by atoms with E-state index in [9.17, 15) is 9.90 Å². The van der Waals surface area contributed by atoms with Gasteiger partial charge in [0, 0.05) is 34.4 Å². The lowest BCUT2D eigenvalue weighted by Gasteiger charge is -2.06. The van der Waals surface area contributed by atoms with Crippen molar-refractivity contribution < 1.29 is 9.90 Å². The number of benzene rings is 2. The monoisotopic (exact) mass is 409 g/mol. The van der Waals surface area contributed by atoms with Crippen LogP contribution >= 0.6 is 0 Å². The number of hydrazone groups is 1. The molecular formula is C24H19N5O2. The fourth-order valence-electron chi connectivity index (χ4n) is 3.35. The van der Waals surface area contributed by atoms with Gasteiger partial charge < -0.3 is 9.67 Å². The SMILES string of the molecule is Cc1ccnc(Cn2ccc3c(/C=N/NC(=O)c4ccc(O)c(C#N)c4)cccc32)c1. The summed E-state index contributed by atoms with van der Waals surface area (Å²) in [5.74, 6) is -0.636. The number of pyridine rings is 1. The van der Waals surface area contributed by atoms with Crippen molar-refractivity contribution >= 4 is 23.0 Å². The van der Waals surface area contributed by atoms with E-state index in [4.69, 9.17) is 5.26 Å². The molecule has 1 amide bonds. The number of nitrogens with zero attached hydrogens (tertiary/aromatic N) is 4. The number of amides is 1. The average Bonchev–Trinajstić information content (AvgIpc) is 3.17. The first-order valence-electron chi connectivity index (χ1n) is 9.61. The smallest absolute Gasteiger partial charge is 0.271 e. The molecule has 0 aliphatic heterocycles. The molecule has 0 atom stereocenters. The number of phenols is 1. The Balaban J connectivity index is 1.52. The molecule has 2 aromatic heterocycles. The van der Waals surface area contributed by atoms with Crippen LogP contribution in [0.4, 0.5) is 0 Å². The number of hydrogen-bond acceptors (Lipinski definition) is 5. The summed E-state index contributed by atoms with van der Waals surface area (Å²) in [4.78, 5) is 16.7. The summed E-state index contributed by atoms with van der Waals surface area (Å²) in [5.41, 5.74) is 6.77. The highest BCUT2D eigenvalue weighted by Gasteiger charge is 2.09. The maximum Gasteiger partial charge on any atom is 0.271 e. The van der Waals surface area contributed by atoms with Gasteiger partial charge in [-0.05, 0) is 55.0 Å². The van der Waals surface area contributed by atoms with E-state index in [2.05, 4.69) is 26.1 Å². The molecule has 2 N–H and O–H groups in total. The Bertz CT molecular complexity index is 1350. The number of nitrogens with one attached hydrogen (secondary N) is 1. The number of nitriles is 1. The minimum Gasteiger partial charge on any atom is -0.507 e. The molecular weight excluding hydrogens is 390 g/mol. The molecule has 4 rings (SSSR count). The molecule has 0 aliphatic rings. The second kappa shape index (κ2) is 8.51. The summed E-state index contributed by atoms with van der Waals surface area (Å²) in [5, 5.41) is 23.6. The van der Waals surface area contributed by atoms with Crippen LogP contribution in [0, 0.1) is 18.3 Å². The van der Waals surface area contributed by atoms with Crippen molar-refractivity contribution in [3.63, 3.8) is 0 Å². The number of fused-ring (bicyclic) bond motifs is 1. The van der Waals surface area contributed by atoms with Gasteiger partial charge in [0.2, 0.25) is 0 Å². The Kier molecular flexibility index (Phi) is 5.45. The van der Waals surface area contributed by atoms with Crippen molar-refractivity contribution in [3.8, 4) is 11.8 Å². The zero-order valence-electron chi connectivity index (χ0n) is 16.8. The van der Waals surface area contributed by atoms with Gasteiger partial charge in [-0.15, -0.1) is 0 Å². The molecule has 0 unspecified atom stereocenters. The van der Waals surface area contributed by atoms with Crippen molar-refractivity contribution in [2.24, 2.45) is 5.10 Å². The van der Waals surface area contributed by atoms with Crippen LogP contribution in [0.2, 0.25) is 0 Å². The molecule has 0 saturated carbocycles. The average molecular weight is 409 g/mol. The lowest BCUT2D eigenvalue weighted by molar-refractivity contribution is 0.0955. The predicted molar refractivity (Wildman–Crippen MR) is 118 cm³/mol. The highest BCUT2D eigenvalue weighted by Crippen LogP contribution is 2.20. The highest BCUT2D eigenvalue weighted by molar-refractivity contribution is 6.00. The van der Waals surface area contributed by atoms with Gasteiger partial charge in [0.25, 0.3) is 5.91 Å². The first kappa shape index (κ1) is 19.9. The molecule has 2 heterocycles. The Hall–Kier alpha value is -4.44. The summed E-state index contributed by atoms with van der Waals surface area (Å²) >= 11 is 0. The van der Waals surface area contributed by atoms with Crippen LogP contribution in [-0.4, -0.2) is 26.8 Å². The third kappa shape index (κ3) is 4.28. The maximum absolute atomic E-state index is 12.3. The number of rotatable bonds is 5. The van der Waals surface area contributed by atoms with Gasteiger partial charge in [-0.2, -0.15) is 10.4 Å². The van der Waals surface area contributed by atoms with Crippen molar-refractivity contribution in [1.82, 2.24) is 15.0 Å². The van der Waals surface area contributed by atoms with Crippen LogP contribution in [0.3, 0.4) is 0 Å². The van der Waals surface area contributed by atoms with Gasteiger partial charge in [-0.1, -0.05) is 12.1 Å². The molecule has 31 heavy (non-hydrogen) atoms. The highest BCUT2D eigenvalue weighted by atomic mass is 16.3. The van der Waals surface area contributed by atoms with E-state index in [0.29, 0.717) is 6.54 Å².